The molecule has 0 unspecified atom stereocenters. The van der Waals surface area contributed by atoms with E-state index in [1.807, 2.05) is 6.92 Å². The van der Waals surface area contributed by atoms with E-state index in [0.29, 0.717) is 42.1 Å². The van der Waals surface area contributed by atoms with Gasteiger partial charge in [-0.1, -0.05) is 12.1 Å². The van der Waals surface area contributed by atoms with Crippen molar-refractivity contribution < 1.29 is 19.1 Å². The molecule has 2 N–H and O–H groups in total. The molecule has 146 valence electrons. The Bertz CT molecular complexity index is 879. The third-order valence-corrected chi connectivity index (χ3v) is 4.61. The maximum atomic E-state index is 13.4. The minimum Gasteiger partial charge on any atom is -0.493 e. The number of carbonyl (C=O) groups is 3. The second kappa shape index (κ2) is 8.56. The fourth-order valence-electron chi connectivity index (χ4n) is 3.16. The summed E-state index contributed by atoms with van der Waals surface area (Å²) in [5.74, 6) is -0.317. The molecule has 28 heavy (non-hydrogen) atoms. The van der Waals surface area contributed by atoms with Gasteiger partial charge in [-0.3, -0.25) is 19.3 Å². The van der Waals surface area contributed by atoms with Crippen LogP contribution in [0, 0.1) is 0 Å². The first-order valence-electron chi connectivity index (χ1n) is 9.22. The van der Waals surface area contributed by atoms with Gasteiger partial charge in [0.2, 0.25) is 11.8 Å². The molecule has 1 saturated heterocycles. The van der Waals surface area contributed by atoms with Gasteiger partial charge in [0.25, 0.3) is 5.91 Å². The van der Waals surface area contributed by atoms with Gasteiger partial charge in [-0.25, -0.2) is 0 Å². The lowest BCUT2D eigenvalue weighted by Crippen LogP contribution is -2.42. The highest BCUT2D eigenvalue weighted by atomic mass is 16.5. The molecule has 7 heteroatoms. The largest absolute Gasteiger partial charge is 0.493 e. The second-order valence-corrected chi connectivity index (χ2v) is 6.48. The molecule has 2 aromatic rings. The van der Waals surface area contributed by atoms with E-state index in [0.717, 1.165) is 6.42 Å². The maximum absolute atomic E-state index is 13.4. The van der Waals surface area contributed by atoms with Gasteiger partial charge in [-0.2, -0.15) is 0 Å². The highest BCUT2D eigenvalue weighted by Gasteiger charge is 2.27. The third-order valence-electron chi connectivity index (χ3n) is 4.61. The van der Waals surface area contributed by atoms with Gasteiger partial charge in [-0.05, 0) is 49.7 Å². The molecule has 1 aliphatic rings. The van der Waals surface area contributed by atoms with Crippen molar-refractivity contribution >= 4 is 23.4 Å². The van der Waals surface area contributed by atoms with Crippen LogP contribution in [0.15, 0.2) is 48.5 Å². The van der Waals surface area contributed by atoms with Crippen LogP contribution in [0.5, 0.6) is 5.75 Å². The molecule has 2 aromatic carbocycles. The molecule has 3 amide bonds. The zero-order chi connectivity index (χ0) is 20.1. The fourth-order valence-corrected chi connectivity index (χ4v) is 3.16. The van der Waals surface area contributed by atoms with Gasteiger partial charge in [0, 0.05) is 24.2 Å². The summed E-state index contributed by atoms with van der Waals surface area (Å²) in [7, 11) is 0. The molecular weight excluding hydrogens is 358 g/mol. The summed E-state index contributed by atoms with van der Waals surface area (Å²) in [6.45, 7) is 3.02. The Balaban J connectivity index is 1.96. The summed E-state index contributed by atoms with van der Waals surface area (Å²) in [6, 6.07) is 13.5. The van der Waals surface area contributed by atoms with Crippen molar-refractivity contribution in [2.24, 2.45) is 5.73 Å². The van der Waals surface area contributed by atoms with E-state index in [1.165, 1.54) is 4.90 Å². The van der Waals surface area contributed by atoms with Crippen LogP contribution >= 0.6 is 0 Å². The van der Waals surface area contributed by atoms with Crippen LogP contribution in [-0.4, -0.2) is 42.4 Å². The monoisotopic (exact) mass is 381 g/mol. The second-order valence-electron chi connectivity index (χ2n) is 6.48. The topological polar surface area (TPSA) is 92.9 Å². The molecule has 1 aliphatic heterocycles. The van der Waals surface area contributed by atoms with Crippen LogP contribution in [-0.2, 0) is 4.79 Å². The summed E-state index contributed by atoms with van der Waals surface area (Å²) >= 11 is 0. The van der Waals surface area contributed by atoms with Crippen molar-refractivity contribution in [1.29, 1.82) is 0 Å². The van der Waals surface area contributed by atoms with Crippen molar-refractivity contribution in [1.82, 2.24) is 4.90 Å². The molecule has 1 fully saturated rings. The summed E-state index contributed by atoms with van der Waals surface area (Å²) in [5, 5.41) is 0. The number of likely N-dealkylation sites (tertiary alicyclic amines) is 1. The number of amides is 3. The average Bonchev–Trinajstić information content (AvgIpc) is 3.11. The lowest BCUT2D eigenvalue weighted by molar-refractivity contribution is -0.127. The predicted molar refractivity (Wildman–Crippen MR) is 105 cm³/mol. The maximum Gasteiger partial charge on any atom is 0.263 e. The van der Waals surface area contributed by atoms with Crippen molar-refractivity contribution in [3.63, 3.8) is 0 Å². The first kappa shape index (κ1) is 19.4. The number of carbonyl (C=O) groups excluding carboxylic acids is 3. The SMILES string of the molecule is CCOc1ccccc1C(=O)N(CN1CCCC1=O)c1ccc(C(N)=O)cc1. The number of rotatable bonds is 7. The molecule has 0 bridgehead atoms. The first-order chi connectivity index (χ1) is 13.5. The molecule has 0 spiro atoms. The Morgan fingerprint density at radius 1 is 1.14 bits per heavy atom. The summed E-state index contributed by atoms with van der Waals surface area (Å²) < 4.78 is 5.60. The Morgan fingerprint density at radius 2 is 1.86 bits per heavy atom. The molecule has 0 radical (unpaired) electrons. The van der Waals surface area contributed by atoms with E-state index in [9.17, 15) is 14.4 Å². The van der Waals surface area contributed by atoms with E-state index < -0.39 is 5.91 Å². The van der Waals surface area contributed by atoms with Gasteiger partial charge in [0.15, 0.2) is 0 Å². The van der Waals surface area contributed by atoms with Gasteiger partial charge in [0.1, 0.15) is 12.4 Å². The van der Waals surface area contributed by atoms with Gasteiger partial charge >= 0.3 is 0 Å². The average molecular weight is 381 g/mol. The summed E-state index contributed by atoms with van der Waals surface area (Å²) in [4.78, 5) is 40.0. The van der Waals surface area contributed by atoms with E-state index in [4.69, 9.17) is 10.5 Å². The molecule has 3 rings (SSSR count). The Morgan fingerprint density at radius 3 is 2.46 bits per heavy atom. The van der Waals surface area contributed by atoms with Gasteiger partial charge in [-0.15, -0.1) is 0 Å². The Hall–Kier alpha value is -3.35. The van der Waals surface area contributed by atoms with Crippen molar-refractivity contribution in [2.75, 3.05) is 24.7 Å². The number of benzene rings is 2. The van der Waals surface area contributed by atoms with E-state index in [-0.39, 0.29) is 18.5 Å². The molecule has 0 aliphatic carbocycles. The number of nitrogens with zero attached hydrogens (tertiary/aromatic N) is 2. The van der Waals surface area contributed by atoms with Crippen molar-refractivity contribution in [3.8, 4) is 5.75 Å². The lowest BCUT2D eigenvalue weighted by Gasteiger charge is -2.28. The number of para-hydroxylation sites is 1. The van der Waals surface area contributed by atoms with Crippen LogP contribution in [0.2, 0.25) is 0 Å². The first-order valence-corrected chi connectivity index (χ1v) is 9.22. The highest BCUT2D eigenvalue weighted by molar-refractivity contribution is 6.08. The standard InChI is InChI=1S/C21H23N3O4/c1-2-28-18-7-4-3-6-17(18)21(27)24(14-23-13-5-8-19(23)25)16-11-9-15(10-12-16)20(22)26/h3-4,6-7,9-12H,2,5,8,13-14H2,1H3,(H2,22,26). The van der Waals surface area contributed by atoms with Gasteiger partial charge < -0.3 is 15.4 Å². The predicted octanol–water partition coefficient (Wildman–Crippen LogP) is 2.41. The third kappa shape index (κ3) is 4.14. The molecular formula is C21H23N3O4. The quantitative estimate of drug-likeness (QED) is 0.797. The van der Waals surface area contributed by atoms with E-state index >= 15 is 0 Å². The van der Waals surface area contributed by atoms with Crippen LogP contribution in [0.3, 0.4) is 0 Å². The molecule has 0 saturated carbocycles. The lowest BCUT2D eigenvalue weighted by atomic mass is 10.1. The molecule has 1 heterocycles. The fraction of sp³-hybridized carbons (Fsp3) is 0.286. The molecule has 0 atom stereocenters. The van der Waals surface area contributed by atoms with Crippen LogP contribution < -0.4 is 15.4 Å². The van der Waals surface area contributed by atoms with Crippen molar-refractivity contribution in [2.45, 2.75) is 19.8 Å². The van der Waals surface area contributed by atoms with E-state index in [1.54, 1.807) is 53.4 Å². The molecule has 7 nitrogen and oxygen atoms in total. The smallest absolute Gasteiger partial charge is 0.263 e. The number of hydrogen-bond donors (Lipinski definition) is 1. The van der Waals surface area contributed by atoms with E-state index in [2.05, 4.69) is 0 Å². The number of primary amides is 1. The Labute approximate surface area is 163 Å². The highest BCUT2D eigenvalue weighted by Crippen LogP contribution is 2.25. The minimum atomic E-state index is -0.541. The van der Waals surface area contributed by atoms with Crippen LogP contribution in [0.25, 0.3) is 0 Å². The number of ether oxygens (including phenoxy) is 1. The normalized spacial score (nSPS) is 13.5. The number of anilines is 1. The zero-order valence-corrected chi connectivity index (χ0v) is 15.8. The summed E-state index contributed by atoms with van der Waals surface area (Å²) in [6.07, 6.45) is 1.26. The van der Waals surface area contributed by atoms with Crippen molar-refractivity contribution in [3.05, 3.63) is 59.7 Å². The number of nitrogens with two attached hydrogens (primary N) is 1. The van der Waals surface area contributed by atoms with Gasteiger partial charge in [0.05, 0.1) is 12.2 Å². The Kier molecular flexibility index (Phi) is 5.93. The summed E-state index contributed by atoms with van der Waals surface area (Å²) in [5.41, 5.74) is 6.64. The molecule has 0 aromatic heterocycles. The zero-order valence-electron chi connectivity index (χ0n) is 15.8. The van der Waals surface area contributed by atoms with Crippen LogP contribution in [0.4, 0.5) is 5.69 Å². The number of hydrogen-bond acceptors (Lipinski definition) is 4. The van der Waals surface area contributed by atoms with Crippen LogP contribution in [0.1, 0.15) is 40.5 Å². The minimum absolute atomic E-state index is 0.0182.